The van der Waals surface area contributed by atoms with Crippen molar-refractivity contribution in [3.05, 3.63) is 90.6 Å². The molecule has 10 heteroatoms. The van der Waals surface area contributed by atoms with Crippen molar-refractivity contribution in [3.63, 3.8) is 0 Å². The summed E-state index contributed by atoms with van der Waals surface area (Å²) in [5.74, 6) is -0.325. The van der Waals surface area contributed by atoms with Crippen LogP contribution in [0.25, 0.3) is 6.08 Å². The van der Waals surface area contributed by atoms with Gasteiger partial charge in [0.2, 0.25) is 0 Å². The van der Waals surface area contributed by atoms with E-state index >= 15 is 0 Å². The molecule has 0 spiro atoms. The van der Waals surface area contributed by atoms with Crippen LogP contribution in [0.4, 0.5) is 0 Å². The summed E-state index contributed by atoms with van der Waals surface area (Å²) in [5, 5.41) is 10.6. The minimum atomic E-state index is -0.682. The van der Waals surface area contributed by atoms with Crippen LogP contribution in [0.3, 0.4) is 0 Å². The molecule has 32 heavy (non-hydrogen) atoms. The maximum absolute atomic E-state index is 13.5. The van der Waals surface area contributed by atoms with Gasteiger partial charge in [-0.15, -0.1) is 0 Å². The number of ether oxygens (including phenoxy) is 1. The first-order chi connectivity index (χ1) is 15.2. The molecule has 1 aliphatic heterocycles. The van der Waals surface area contributed by atoms with Crippen molar-refractivity contribution in [3.8, 4) is 5.75 Å². The van der Waals surface area contributed by atoms with Crippen LogP contribution in [0, 0.1) is 7.14 Å². The van der Waals surface area contributed by atoms with Gasteiger partial charge >= 0.3 is 5.97 Å². The van der Waals surface area contributed by atoms with Gasteiger partial charge in [-0.25, -0.2) is 9.79 Å². The molecule has 164 valence electrons. The molecule has 1 N–H and O–H groups in total. The molecule has 3 aromatic rings. The van der Waals surface area contributed by atoms with E-state index < -0.39 is 12.0 Å². The predicted octanol–water partition coefficient (Wildman–Crippen LogP) is 3.98. The number of aromatic nitrogens is 1. The summed E-state index contributed by atoms with van der Waals surface area (Å²) in [4.78, 5) is 31.2. The van der Waals surface area contributed by atoms with Gasteiger partial charge in [0.05, 0.1) is 36.1 Å². The van der Waals surface area contributed by atoms with E-state index in [0.717, 1.165) is 11.1 Å². The highest BCUT2D eigenvalue weighted by Crippen LogP contribution is 2.31. The van der Waals surface area contributed by atoms with Crippen LogP contribution in [0.1, 0.15) is 24.1 Å². The molecule has 1 aliphatic rings. The Balaban J connectivity index is 1.97. The van der Waals surface area contributed by atoms with E-state index in [-0.39, 0.29) is 11.3 Å². The lowest BCUT2D eigenvalue weighted by atomic mass is 9.96. The highest BCUT2D eigenvalue weighted by atomic mass is 127. The SMILES string of the molecule is COC(=O)C1=C(C)N=c2s/c(=C\c3cc(I)c(O)c(I)c3)c(=O)n2[C@@H]1c1ccc(Cl)cc1. The van der Waals surface area contributed by atoms with Crippen LogP contribution < -0.4 is 14.9 Å². The highest BCUT2D eigenvalue weighted by molar-refractivity contribution is 14.1. The molecule has 0 bridgehead atoms. The second-order valence-electron chi connectivity index (χ2n) is 6.96. The average Bonchev–Trinajstić information content (AvgIpc) is 3.05. The number of carbonyl (C=O) groups is 1. The summed E-state index contributed by atoms with van der Waals surface area (Å²) in [7, 11) is 1.31. The minimum Gasteiger partial charge on any atom is -0.506 e. The monoisotopic (exact) mass is 692 g/mol. The van der Waals surface area contributed by atoms with Crippen molar-refractivity contribution in [2.75, 3.05) is 7.11 Å². The van der Waals surface area contributed by atoms with Gasteiger partial charge in [0, 0.05) is 5.02 Å². The number of nitrogens with zero attached hydrogens (tertiary/aromatic N) is 2. The number of hydrogen-bond donors (Lipinski definition) is 1. The van der Waals surface area contributed by atoms with Crippen molar-refractivity contribution >= 4 is 80.2 Å². The number of allylic oxidation sites excluding steroid dienone is 1. The van der Waals surface area contributed by atoms with Crippen molar-refractivity contribution in [2.24, 2.45) is 4.99 Å². The second kappa shape index (κ2) is 9.27. The van der Waals surface area contributed by atoms with E-state index in [1.165, 1.54) is 23.0 Å². The average molecular weight is 693 g/mol. The molecule has 1 aromatic heterocycles. The second-order valence-corrected chi connectivity index (χ2v) is 10.7. The van der Waals surface area contributed by atoms with Crippen LogP contribution in [0.15, 0.2) is 57.5 Å². The zero-order valence-corrected chi connectivity index (χ0v) is 22.6. The van der Waals surface area contributed by atoms with Gasteiger partial charge in [0.1, 0.15) is 5.75 Å². The molecule has 4 rings (SSSR count). The molecule has 6 nitrogen and oxygen atoms in total. The van der Waals surface area contributed by atoms with Gasteiger partial charge in [0.15, 0.2) is 4.80 Å². The first kappa shape index (κ1) is 23.5. The molecule has 1 atom stereocenters. The lowest BCUT2D eigenvalue weighted by Gasteiger charge is -2.24. The number of phenolic OH excluding ortho intramolecular Hbond substituents is 1. The van der Waals surface area contributed by atoms with E-state index in [1.54, 1.807) is 49.4 Å². The fraction of sp³-hybridized carbons (Fsp3) is 0.136. The third-order valence-electron chi connectivity index (χ3n) is 4.95. The fourth-order valence-electron chi connectivity index (χ4n) is 3.47. The van der Waals surface area contributed by atoms with Gasteiger partial charge in [0.25, 0.3) is 5.56 Å². The Morgan fingerprint density at radius 2 is 1.88 bits per heavy atom. The Morgan fingerprint density at radius 3 is 2.47 bits per heavy atom. The zero-order valence-electron chi connectivity index (χ0n) is 16.7. The number of thiazole rings is 1. The quantitative estimate of drug-likeness (QED) is 0.333. The normalized spacial score (nSPS) is 16.0. The van der Waals surface area contributed by atoms with E-state index in [0.29, 0.717) is 32.8 Å². The zero-order chi connectivity index (χ0) is 23.2. The Morgan fingerprint density at radius 1 is 1.25 bits per heavy atom. The first-order valence-electron chi connectivity index (χ1n) is 9.25. The van der Waals surface area contributed by atoms with E-state index in [1.807, 2.05) is 0 Å². The molecule has 0 amide bonds. The highest BCUT2D eigenvalue weighted by Gasteiger charge is 2.33. The van der Waals surface area contributed by atoms with Crippen molar-refractivity contribution in [1.29, 1.82) is 0 Å². The number of hydrogen-bond acceptors (Lipinski definition) is 6. The number of aromatic hydroxyl groups is 1. The molecule has 0 aliphatic carbocycles. The molecule has 0 unspecified atom stereocenters. The molecule has 0 fully saturated rings. The van der Waals surface area contributed by atoms with Gasteiger partial charge < -0.3 is 9.84 Å². The van der Waals surface area contributed by atoms with Crippen molar-refractivity contribution < 1.29 is 14.6 Å². The standard InChI is InChI=1S/C22H15ClI2N2O4S/c1-10-17(21(30)31-2)18(12-3-5-13(23)6-4-12)27-20(29)16(32-22(27)26-10)9-11-7-14(24)19(28)15(25)8-11/h3-9,18,28H,1-2H3/b16-9-/t18-/m1/s1. The molecular formula is C22H15ClI2N2O4S. The largest absolute Gasteiger partial charge is 0.506 e. The van der Waals surface area contributed by atoms with E-state index in [4.69, 9.17) is 16.3 Å². The van der Waals surface area contributed by atoms with Crippen LogP contribution in [0.5, 0.6) is 5.75 Å². The maximum Gasteiger partial charge on any atom is 0.338 e. The number of rotatable bonds is 3. The number of esters is 1. The number of halogens is 3. The lowest BCUT2D eigenvalue weighted by molar-refractivity contribution is -0.136. The molecule has 0 radical (unpaired) electrons. The number of carbonyl (C=O) groups excluding carboxylic acids is 1. The number of methoxy groups -OCH3 is 1. The summed E-state index contributed by atoms with van der Waals surface area (Å²) in [6.07, 6.45) is 1.77. The third kappa shape index (κ3) is 4.27. The number of phenols is 1. The molecule has 0 saturated heterocycles. The van der Waals surface area contributed by atoms with Gasteiger partial charge in [-0.05, 0) is 93.6 Å². The molecule has 2 aromatic carbocycles. The summed E-state index contributed by atoms with van der Waals surface area (Å²) in [6, 6.07) is 9.94. The van der Waals surface area contributed by atoms with Crippen molar-refractivity contribution in [1.82, 2.24) is 4.57 Å². The summed E-state index contributed by atoms with van der Waals surface area (Å²) >= 11 is 11.4. The van der Waals surface area contributed by atoms with Gasteiger partial charge in [-0.2, -0.15) is 0 Å². The van der Waals surface area contributed by atoms with E-state index in [2.05, 4.69) is 50.2 Å². The predicted molar refractivity (Wildman–Crippen MR) is 141 cm³/mol. The summed E-state index contributed by atoms with van der Waals surface area (Å²) in [6.45, 7) is 1.73. The summed E-state index contributed by atoms with van der Waals surface area (Å²) < 4.78 is 8.38. The Bertz CT molecular complexity index is 1440. The van der Waals surface area contributed by atoms with Crippen LogP contribution in [-0.4, -0.2) is 22.8 Å². The Hall–Kier alpha value is -1.70. The Labute approximate surface area is 219 Å². The smallest absolute Gasteiger partial charge is 0.338 e. The number of fused-ring (bicyclic) bond motifs is 1. The summed E-state index contributed by atoms with van der Waals surface area (Å²) in [5.41, 5.74) is 2.06. The first-order valence-corrected chi connectivity index (χ1v) is 12.6. The molecule has 2 heterocycles. The maximum atomic E-state index is 13.5. The molecular weight excluding hydrogens is 678 g/mol. The Kier molecular flexibility index (Phi) is 6.80. The van der Waals surface area contributed by atoms with Crippen LogP contribution >= 0.6 is 68.1 Å². The van der Waals surface area contributed by atoms with Gasteiger partial charge in [-0.1, -0.05) is 35.1 Å². The van der Waals surface area contributed by atoms with Crippen LogP contribution in [-0.2, 0) is 9.53 Å². The topological polar surface area (TPSA) is 80.9 Å². The minimum absolute atomic E-state index is 0.214. The lowest BCUT2D eigenvalue weighted by Crippen LogP contribution is -2.39. The van der Waals surface area contributed by atoms with Crippen molar-refractivity contribution in [2.45, 2.75) is 13.0 Å². The van der Waals surface area contributed by atoms with Crippen LogP contribution in [0.2, 0.25) is 5.02 Å². The van der Waals surface area contributed by atoms with Gasteiger partial charge in [-0.3, -0.25) is 9.36 Å². The number of benzene rings is 2. The van der Waals surface area contributed by atoms with E-state index in [9.17, 15) is 14.7 Å². The fourth-order valence-corrected chi connectivity index (χ4v) is 6.46. The molecule has 0 saturated carbocycles. The third-order valence-corrected chi connectivity index (χ3v) is 7.83.